The van der Waals surface area contributed by atoms with Gasteiger partial charge in [-0.1, -0.05) is 18.2 Å². The van der Waals surface area contributed by atoms with E-state index >= 15 is 0 Å². The average Bonchev–Trinajstić information content (AvgIpc) is 3.42. The number of rotatable bonds is 3. The molecule has 2 aromatic carbocycles. The Bertz CT molecular complexity index is 1230. The van der Waals surface area contributed by atoms with Crippen molar-refractivity contribution in [3.05, 3.63) is 48.9 Å². The van der Waals surface area contributed by atoms with E-state index in [4.69, 9.17) is 13.9 Å². The number of carbonyl (C=O) groups excluding carboxylic acids is 2. The molecule has 1 aromatic heterocycles. The molecule has 1 N–H and O–H groups in total. The molecule has 0 bridgehead atoms. The molecular weight excluding hydrogens is 402 g/mol. The van der Waals surface area contributed by atoms with E-state index in [0.717, 1.165) is 0 Å². The SMILES string of the molecule is CN1C(=O)[C@@H](NC(=O)C2=NN=C(Oc3ccccc3)C2)COc2cc3ncoc3cc21. The van der Waals surface area contributed by atoms with Crippen LogP contribution in [0, 0.1) is 0 Å². The normalized spacial score (nSPS) is 18.0. The molecule has 10 heteroatoms. The molecule has 1 atom stereocenters. The van der Waals surface area contributed by atoms with Crippen LogP contribution < -0.4 is 19.7 Å². The summed E-state index contributed by atoms with van der Waals surface area (Å²) in [6.07, 6.45) is 1.45. The van der Waals surface area contributed by atoms with Gasteiger partial charge < -0.3 is 24.1 Å². The van der Waals surface area contributed by atoms with Crippen LogP contribution >= 0.6 is 0 Å². The van der Waals surface area contributed by atoms with Gasteiger partial charge in [-0.25, -0.2) is 4.98 Å². The summed E-state index contributed by atoms with van der Waals surface area (Å²) in [7, 11) is 1.61. The lowest BCUT2D eigenvalue weighted by atomic mass is 10.2. The van der Waals surface area contributed by atoms with Gasteiger partial charge in [0.1, 0.15) is 35.4 Å². The fraction of sp³-hybridized carbons (Fsp3) is 0.190. The van der Waals surface area contributed by atoms with Crippen LogP contribution in [-0.2, 0) is 9.59 Å². The van der Waals surface area contributed by atoms with Crippen molar-refractivity contribution in [1.29, 1.82) is 0 Å². The van der Waals surface area contributed by atoms with Crippen LogP contribution in [0.4, 0.5) is 5.69 Å². The van der Waals surface area contributed by atoms with E-state index in [1.165, 1.54) is 11.3 Å². The molecule has 156 valence electrons. The molecule has 31 heavy (non-hydrogen) atoms. The van der Waals surface area contributed by atoms with Crippen molar-refractivity contribution in [2.75, 3.05) is 18.6 Å². The molecular formula is C21H17N5O5. The van der Waals surface area contributed by atoms with E-state index in [1.54, 1.807) is 31.3 Å². The number of hydrogen-bond donors (Lipinski definition) is 1. The maximum Gasteiger partial charge on any atom is 0.268 e. The van der Waals surface area contributed by atoms with E-state index in [2.05, 4.69) is 20.5 Å². The van der Waals surface area contributed by atoms with Gasteiger partial charge in [-0.3, -0.25) is 9.59 Å². The van der Waals surface area contributed by atoms with E-state index in [0.29, 0.717) is 34.2 Å². The quantitative estimate of drug-likeness (QED) is 0.693. The number of fused-ring (bicyclic) bond motifs is 2. The molecule has 2 aliphatic heterocycles. The van der Waals surface area contributed by atoms with Crippen LogP contribution in [0.25, 0.3) is 11.1 Å². The minimum absolute atomic E-state index is 0.0349. The molecule has 10 nitrogen and oxygen atoms in total. The van der Waals surface area contributed by atoms with Gasteiger partial charge in [-0.2, -0.15) is 0 Å². The molecule has 0 spiro atoms. The number of hydrogen-bond acceptors (Lipinski definition) is 8. The van der Waals surface area contributed by atoms with E-state index < -0.39 is 11.9 Å². The molecule has 0 saturated heterocycles. The van der Waals surface area contributed by atoms with E-state index in [-0.39, 0.29) is 24.6 Å². The Morgan fingerprint density at radius 1 is 1.23 bits per heavy atom. The number of amides is 2. The lowest BCUT2D eigenvalue weighted by molar-refractivity contribution is -0.124. The highest BCUT2D eigenvalue weighted by Crippen LogP contribution is 2.34. The van der Waals surface area contributed by atoms with Gasteiger partial charge in [0.15, 0.2) is 12.0 Å². The Balaban J connectivity index is 1.25. The van der Waals surface area contributed by atoms with Crippen molar-refractivity contribution in [2.24, 2.45) is 10.2 Å². The molecule has 0 aliphatic carbocycles. The largest absolute Gasteiger partial charge is 0.489 e. The number of aromatic nitrogens is 1. The van der Waals surface area contributed by atoms with Gasteiger partial charge in [-0.05, 0) is 12.1 Å². The fourth-order valence-electron chi connectivity index (χ4n) is 3.33. The summed E-state index contributed by atoms with van der Waals surface area (Å²) in [4.78, 5) is 31.1. The second kappa shape index (κ2) is 7.56. The van der Waals surface area contributed by atoms with Gasteiger partial charge >= 0.3 is 0 Å². The Hall–Kier alpha value is -4.21. The van der Waals surface area contributed by atoms with Crippen molar-refractivity contribution in [2.45, 2.75) is 12.5 Å². The third-order valence-electron chi connectivity index (χ3n) is 4.95. The van der Waals surface area contributed by atoms with Crippen LogP contribution in [0.2, 0.25) is 0 Å². The number of ether oxygens (including phenoxy) is 2. The monoisotopic (exact) mass is 419 g/mol. The maximum atomic E-state index is 12.9. The number of oxazole rings is 1. The van der Waals surface area contributed by atoms with Gasteiger partial charge in [0, 0.05) is 19.2 Å². The molecule has 0 fully saturated rings. The van der Waals surface area contributed by atoms with Crippen molar-refractivity contribution >= 4 is 40.2 Å². The molecule has 3 aromatic rings. The smallest absolute Gasteiger partial charge is 0.268 e. The fourth-order valence-corrected chi connectivity index (χ4v) is 3.33. The summed E-state index contributed by atoms with van der Waals surface area (Å²) in [5.41, 5.74) is 1.84. The second-order valence-corrected chi connectivity index (χ2v) is 7.01. The first-order valence-electron chi connectivity index (χ1n) is 9.53. The second-order valence-electron chi connectivity index (χ2n) is 7.01. The Labute approximate surface area is 176 Å². The highest BCUT2D eigenvalue weighted by atomic mass is 16.5. The highest BCUT2D eigenvalue weighted by Gasteiger charge is 2.33. The first-order valence-corrected chi connectivity index (χ1v) is 9.53. The zero-order valence-corrected chi connectivity index (χ0v) is 16.4. The Morgan fingerprint density at radius 2 is 2.06 bits per heavy atom. The summed E-state index contributed by atoms with van der Waals surface area (Å²) >= 11 is 0. The van der Waals surface area contributed by atoms with Crippen LogP contribution in [-0.4, -0.2) is 48.1 Å². The maximum absolute atomic E-state index is 12.9. The average molecular weight is 419 g/mol. The summed E-state index contributed by atoms with van der Waals surface area (Å²) in [6.45, 7) is -0.0349. The zero-order valence-electron chi connectivity index (χ0n) is 16.4. The standard InChI is InChI=1S/C21H17N5O5/c1-26-16-9-17-13(22-11-30-17)7-18(16)29-10-15(21(26)28)23-20(27)14-8-19(25-24-14)31-12-5-3-2-4-6-12/h2-7,9,11,15H,8,10H2,1H3,(H,23,27)/t15-/m0/s1. The van der Waals surface area contributed by atoms with E-state index in [1.807, 2.05) is 18.2 Å². The van der Waals surface area contributed by atoms with Crippen molar-refractivity contribution in [3.63, 3.8) is 0 Å². The first kappa shape index (κ1) is 18.8. The molecule has 2 amide bonds. The molecule has 5 rings (SSSR count). The predicted octanol–water partition coefficient (Wildman–Crippen LogP) is 1.90. The number of para-hydroxylation sites is 1. The van der Waals surface area contributed by atoms with Crippen molar-refractivity contribution in [3.8, 4) is 11.5 Å². The summed E-state index contributed by atoms with van der Waals surface area (Å²) < 4.78 is 16.7. The number of carbonyl (C=O) groups is 2. The number of nitrogens with one attached hydrogen (secondary N) is 1. The lowest BCUT2D eigenvalue weighted by Crippen LogP contribution is -2.51. The Morgan fingerprint density at radius 3 is 2.90 bits per heavy atom. The van der Waals surface area contributed by atoms with Gasteiger partial charge in [-0.15, -0.1) is 10.2 Å². The first-order chi connectivity index (χ1) is 15.1. The third-order valence-corrected chi connectivity index (χ3v) is 4.95. The van der Waals surface area contributed by atoms with Crippen LogP contribution in [0.15, 0.2) is 63.5 Å². The summed E-state index contributed by atoms with van der Waals surface area (Å²) in [6, 6.07) is 11.6. The van der Waals surface area contributed by atoms with Gasteiger partial charge in [0.25, 0.3) is 11.8 Å². The minimum atomic E-state index is -0.897. The lowest BCUT2D eigenvalue weighted by Gasteiger charge is -2.20. The Kier molecular flexibility index (Phi) is 4.58. The molecule has 3 heterocycles. The number of nitrogens with zero attached hydrogens (tertiary/aromatic N) is 4. The van der Waals surface area contributed by atoms with Crippen LogP contribution in [0.3, 0.4) is 0 Å². The number of anilines is 1. The minimum Gasteiger partial charge on any atom is -0.489 e. The third kappa shape index (κ3) is 3.59. The van der Waals surface area contributed by atoms with E-state index in [9.17, 15) is 9.59 Å². The topological polar surface area (TPSA) is 119 Å². The van der Waals surface area contributed by atoms with Crippen LogP contribution in [0.1, 0.15) is 6.42 Å². The number of likely N-dealkylation sites (N-methyl/N-ethyl adjacent to an activating group) is 1. The highest BCUT2D eigenvalue weighted by molar-refractivity contribution is 6.43. The molecule has 0 saturated carbocycles. The summed E-state index contributed by atoms with van der Waals surface area (Å²) in [5.74, 6) is 0.553. The molecule has 0 radical (unpaired) electrons. The zero-order chi connectivity index (χ0) is 21.4. The number of benzene rings is 2. The molecule has 2 aliphatic rings. The predicted molar refractivity (Wildman–Crippen MR) is 111 cm³/mol. The van der Waals surface area contributed by atoms with Gasteiger partial charge in [0.2, 0.25) is 5.90 Å². The van der Waals surface area contributed by atoms with Crippen LogP contribution in [0.5, 0.6) is 11.5 Å². The van der Waals surface area contributed by atoms with Gasteiger partial charge in [0.05, 0.1) is 12.1 Å². The van der Waals surface area contributed by atoms with Crippen molar-refractivity contribution in [1.82, 2.24) is 10.3 Å². The summed E-state index contributed by atoms with van der Waals surface area (Å²) in [5, 5.41) is 10.5. The van der Waals surface area contributed by atoms with Crippen molar-refractivity contribution < 1.29 is 23.5 Å². The molecule has 0 unspecified atom stereocenters.